The molecule has 0 spiro atoms. The molecule has 1 aromatic heterocycles. The number of halogens is 1. The third kappa shape index (κ3) is 6.39. The summed E-state index contributed by atoms with van der Waals surface area (Å²) in [4.78, 5) is 12.4. The van der Waals surface area contributed by atoms with Crippen LogP contribution in [0.5, 0.6) is 0 Å². The van der Waals surface area contributed by atoms with Crippen LogP contribution in [0.15, 0.2) is 65.8 Å². The summed E-state index contributed by atoms with van der Waals surface area (Å²) in [5, 5.41) is 6.60. The maximum atomic E-state index is 4.65. The monoisotopic (exact) mass is 475 g/mol. The van der Waals surface area contributed by atoms with Crippen LogP contribution in [-0.2, 0) is 13.1 Å². The van der Waals surface area contributed by atoms with Crippen LogP contribution in [-0.4, -0.2) is 22.5 Å². The van der Waals surface area contributed by atoms with Gasteiger partial charge in [0, 0.05) is 6.54 Å². The molecule has 0 bridgehead atoms. The van der Waals surface area contributed by atoms with Crippen molar-refractivity contribution in [2.75, 3.05) is 6.54 Å². The van der Waals surface area contributed by atoms with Crippen molar-refractivity contribution in [3.8, 4) is 11.3 Å². The number of rotatable bonds is 6. The van der Waals surface area contributed by atoms with E-state index in [2.05, 4.69) is 75.8 Å². The summed E-state index contributed by atoms with van der Waals surface area (Å²) in [5.74, 6) is 1.66. The number of aromatic nitrogens is 2. The maximum absolute atomic E-state index is 4.65. The molecule has 0 saturated carbocycles. The predicted molar refractivity (Wildman–Crippen MR) is 122 cm³/mol. The highest BCUT2D eigenvalue weighted by Crippen LogP contribution is 2.15. The lowest BCUT2D eigenvalue weighted by Gasteiger charge is -2.10. The molecule has 2 aromatic carbocycles. The number of aliphatic imine (C=N–C) groups is 1. The van der Waals surface area contributed by atoms with Crippen LogP contribution < -0.4 is 10.6 Å². The normalized spacial score (nSPS) is 11.0. The molecule has 3 rings (SSSR count). The third-order valence-electron chi connectivity index (χ3n) is 4.02. The van der Waals surface area contributed by atoms with E-state index < -0.39 is 0 Å². The van der Waals surface area contributed by atoms with E-state index in [4.69, 9.17) is 0 Å². The average Bonchev–Trinajstić information content (AvgIpc) is 3.15. The number of nitrogens with zero attached hydrogens (tertiary/aromatic N) is 2. The van der Waals surface area contributed by atoms with Crippen LogP contribution in [0.1, 0.15) is 23.9 Å². The minimum absolute atomic E-state index is 0. The van der Waals surface area contributed by atoms with Gasteiger partial charge in [-0.2, -0.15) is 0 Å². The van der Waals surface area contributed by atoms with Crippen molar-refractivity contribution in [3.63, 3.8) is 0 Å². The molecule has 1 heterocycles. The van der Waals surface area contributed by atoms with Crippen LogP contribution in [0.4, 0.5) is 0 Å². The third-order valence-corrected chi connectivity index (χ3v) is 4.02. The first-order chi connectivity index (χ1) is 12.7. The van der Waals surface area contributed by atoms with Crippen LogP contribution in [0.3, 0.4) is 0 Å². The Kier molecular flexibility index (Phi) is 8.32. The maximum Gasteiger partial charge on any atom is 0.191 e. The molecule has 0 amide bonds. The minimum Gasteiger partial charge on any atom is -0.357 e. The van der Waals surface area contributed by atoms with E-state index in [0.717, 1.165) is 29.6 Å². The minimum atomic E-state index is 0. The number of aromatic amines is 1. The zero-order chi connectivity index (χ0) is 18.2. The van der Waals surface area contributed by atoms with Gasteiger partial charge in [0.25, 0.3) is 0 Å². The van der Waals surface area contributed by atoms with Gasteiger partial charge in [0.05, 0.1) is 25.0 Å². The lowest BCUT2D eigenvalue weighted by Crippen LogP contribution is -2.37. The van der Waals surface area contributed by atoms with Gasteiger partial charge in [0.15, 0.2) is 5.96 Å². The van der Waals surface area contributed by atoms with Gasteiger partial charge in [-0.05, 0) is 25.0 Å². The highest BCUT2D eigenvalue weighted by atomic mass is 127. The first-order valence-electron chi connectivity index (χ1n) is 8.91. The number of nitrogens with one attached hydrogen (secondary N) is 3. The van der Waals surface area contributed by atoms with Crippen molar-refractivity contribution in [2.45, 2.75) is 26.9 Å². The summed E-state index contributed by atoms with van der Waals surface area (Å²) in [5.41, 5.74) is 4.60. The fraction of sp³-hybridized carbons (Fsp3) is 0.238. The molecule has 0 atom stereocenters. The van der Waals surface area contributed by atoms with Gasteiger partial charge in [-0.1, -0.05) is 60.2 Å². The number of aryl methyl sites for hydroxylation is 1. The van der Waals surface area contributed by atoms with Crippen LogP contribution in [0.25, 0.3) is 11.3 Å². The van der Waals surface area contributed by atoms with E-state index in [-0.39, 0.29) is 24.0 Å². The Morgan fingerprint density at radius 2 is 1.78 bits per heavy atom. The lowest BCUT2D eigenvalue weighted by atomic mass is 10.1. The molecular weight excluding hydrogens is 449 g/mol. The van der Waals surface area contributed by atoms with Crippen molar-refractivity contribution in [1.82, 2.24) is 20.6 Å². The quantitative estimate of drug-likeness (QED) is 0.284. The predicted octanol–water partition coefficient (Wildman–Crippen LogP) is 4.26. The van der Waals surface area contributed by atoms with Gasteiger partial charge in [-0.15, -0.1) is 24.0 Å². The van der Waals surface area contributed by atoms with E-state index in [1.165, 1.54) is 11.1 Å². The number of imidazole rings is 1. The van der Waals surface area contributed by atoms with Crippen molar-refractivity contribution < 1.29 is 0 Å². The van der Waals surface area contributed by atoms with Gasteiger partial charge in [-0.25, -0.2) is 9.98 Å². The van der Waals surface area contributed by atoms with Crippen LogP contribution >= 0.6 is 24.0 Å². The van der Waals surface area contributed by atoms with Gasteiger partial charge >= 0.3 is 0 Å². The van der Waals surface area contributed by atoms with Crippen molar-refractivity contribution >= 4 is 29.9 Å². The van der Waals surface area contributed by atoms with E-state index in [1.54, 1.807) is 0 Å². The zero-order valence-corrected chi connectivity index (χ0v) is 18.0. The first-order valence-corrected chi connectivity index (χ1v) is 8.91. The summed E-state index contributed by atoms with van der Waals surface area (Å²) in [6.07, 6.45) is 1.86. The molecule has 6 heteroatoms. The Morgan fingerprint density at radius 3 is 2.48 bits per heavy atom. The van der Waals surface area contributed by atoms with Crippen LogP contribution in [0, 0.1) is 6.92 Å². The second kappa shape index (κ2) is 10.7. The van der Waals surface area contributed by atoms with Crippen molar-refractivity contribution in [1.29, 1.82) is 0 Å². The Hall–Kier alpha value is -2.35. The summed E-state index contributed by atoms with van der Waals surface area (Å²) in [7, 11) is 0. The second-order valence-electron chi connectivity index (χ2n) is 6.14. The number of guanidine groups is 1. The molecule has 0 radical (unpaired) electrons. The fourth-order valence-corrected chi connectivity index (χ4v) is 2.59. The van der Waals surface area contributed by atoms with Gasteiger partial charge in [-0.3, -0.25) is 0 Å². The topological polar surface area (TPSA) is 65.1 Å². The van der Waals surface area contributed by atoms with E-state index >= 15 is 0 Å². The average molecular weight is 475 g/mol. The molecule has 5 nitrogen and oxygen atoms in total. The Labute approximate surface area is 177 Å². The molecule has 0 unspecified atom stereocenters. The molecule has 0 aliphatic rings. The molecule has 3 aromatic rings. The number of hydrogen-bond acceptors (Lipinski definition) is 2. The Morgan fingerprint density at radius 1 is 1.04 bits per heavy atom. The summed E-state index contributed by atoms with van der Waals surface area (Å²) in [6, 6.07) is 18.6. The summed E-state index contributed by atoms with van der Waals surface area (Å²) in [6.45, 7) is 6.19. The molecule has 0 aliphatic carbocycles. The lowest BCUT2D eigenvalue weighted by molar-refractivity contribution is 0.786. The van der Waals surface area contributed by atoms with Gasteiger partial charge < -0.3 is 15.6 Å². The van der Waals surface area contributed by atoms with E-state index in [0.29, 0.717) is 13.1 Å². The molecular formula is C21H26IN5. The standard InChI is InChI=1S/C21H25N5.HI/c1-3-22-21(24-13-17-11-9-16(2)10-12-17)25-15-20-23-14-19(26-20)18-7-5-4-6-8-18;/h4-12,14H,3,13,15H2,1-2H3,(H,23,26)(H2,22,24,25);1H. The largest absolute Gasteiger partial charge is 0.357 e. The fourth-order valence-electron chi connectivity index (χ4n) is 2.59. The van der Waals surface area contributed by atoms with Gasteiger partial charge in [0.1, 0.15) is 5.82 Å². The van der Waals surface area contributed by atoms with Crippen LogP contribution in [0.2, 0.25) is 0 Å². The molecule has 0 fully saturated rings. The van der Waals surface area contributed by atoms with Gasteiger partial charge in [0.2, 0.25) is 0 Å². The summed E-state index contributed by atoms with van der Waals surface area (Å²) < 4.78 is 0. The summed E-state index contributed by atoms with van der Waals surface area (Å²) >= 11 is 0. The first kappa shape index (κ1) is 21.0. The van der Waals surface area contributed by atoms with Crippen molar-refractivity contribution in [2.24, 2.45) is 4.99 Å². The van der Waals surface area contributed by atoms with Crippen molar-refractivity contribution in [3.05, 3.63) is 77.7 Å². The molecule has 3 N–H and O–H groups in total. The highest BCUT2D eigenvalue weighted by Gasteiger charge is 2.04. The highest BCUT2D eigenvalue weighted by molar-refractivity contribution is 14.0. The van der Waals surface area contributed by atoms with E-state index in [1.807, 2.05) is 24.4 Å². The smallest absolute Gasteiger partial charge is 0.191 e. The molecule has 0 saturated heterocycles. The molecule has 27 heavy (non-hydrogen) atoms. The second-order valence-corrected chi connectivity index (χ2v) is 6.14. The number of benzene rings is 2. The Bertz CT molecular complexity index is 841. The zero-order valence-electron chi connectivity index (χ0n) is 15.7. The van der Waals surface area contributed by atoms with E-state index in [9.17, 15) is 0 Å². The molecule has 0 aliphatic heterocycles. The number of hydrogen-bond donors (Lipinski definition) is 3. The Balaban J connectivity index is 0.00000261. The molecule has 142 valence electrons. The number of H-pyrrole nitrogens is 1. The SMILES string of the molecule is CCNC(=NCc1ccc(C)cc1)NCc1ncc(-c2ccccc2)[nH]1.I.